The van der Waals surface area contributed by atoms with Gasteiger partial charge in [0, 0.05) is 50.7 Å². The molecule has 11 heteroatoms. The molecule has 0 aliphatic heterocycles. The van der Waals surface area contributed by atoms with Crippen LogP contribution in [0.4, 0.5) is 23.1 Å². The number of hydrogen-bond acceptors (Lipinski definition) is 10. The third-order valence-electron chi connectivity index (χ3n) is 4.61. The lowest BCUT2D eigenvalue weighted by molar-refractivity contribution is -0.385. The molecule has 0 spiro atoms. The second-order valence-corrected chi connectivity index (χ2v) is 7.13. The van der Waals surface area contributed by atoms with E-state index in [9.17, 15) is 14.9 Å². The minimum Gasteiger partial charge on any atom is -0.462 e. The normalized spacial score (nSPS) is 10.4. The topological polar surface area (TPSA) is 135 Å². The van der Waals surface area contributed by atoms with Crippen LogP contribution in [0.1, 0.15) is 17.3 Å². The van der Waals surface area contributed by atoms with Gasteiger partial charge in [0.2, 0.25) is 5.95 Å². The molecule has 0 unspecified atom stereocenters. The van der Waals surface area contributed by atoms with E-state index in [0.29, 0.717) is 30.5 Å². The highest BCUT2D eigenvalue weighted by Gasteiger charge is 2.17. The van der Waals surface area contributed by atoms with Crippen LogP contribution in [-0.4, -0.2) is 59.6 Å². The Balaban J connectivity index is 1.71. The van der Waals surface area contributed by atoms with Gasteiger partial charge in [-0.25, -0.2) is 19.7 Å². The highest BCUT2D eigenvalue weighted by Crippen LogP contribution is 2.25. The Morgan fingerprint density at radius 1 is 1.06 bits per heavy atom. The smallest absolute Gasteiger partial charge is 0.341 e. The molecular formula is C22H25N7O4. The van der Waals surface area contributed by atoms with E-state index in [-0.39, 0.29) is 17.9 Å². The molecule has 11 nitrogen and oxygen atoms in total. The molecule has 172 valence electrons. The summed E-state index contributed by atoms with van der Waals surface area (Å²) in [6, 6.07) is 10.6. The Hall–Kier alpha value is -4.28. The first-order valence-electron chi connectivity index (χ1n) is 10.3. The number of nitrogens with one attached hydrogen (secondary N) is 2. The van der Waals surface area contributed by atoms with E-state index in [0.717, 1.165) is 11.3 Å². The Morgan fingerprint density at radius 3 is 2.39 bits per heavy atom. The van der Waals surface area contributed by atoms with Crippen molar-refractivity contribution in [3.05, 3.63) is 64.5 Å². The quantitative estimate of drug-likeness (QED) is 0.205. The molecule has 3 aromatic rings. The lowest BCUT2D eigenvalue weighted by Gasteiger charge is -2.14. The maximum atomic E-state index is 12.4. The van der Waals surface area contributed by atoms with E-state index in [4.69, 9.17) is 4.74 Å². The van der Waals surface area contributed by atoms with Crippen LogP contribution in [0.15, 0.2) is 48.8 Å². The van der Waals surface area contributed by atoms with Gasteiger partial charge in [0.25, 0.3) is 5.69 Å². The average Bonchev–Trinajstić information content (AvgIpc) is 2.82. The molecule has 0 atom stereocenters. The number of hydrogen-bond donors (Lipinski definition) is 2. The number of benzene rings is 1. The average molecular weight is 451 g/mol. The predicted molar refractivity (Wildman–Crippen MR) is 126 cm³/mol. The molecule has 3 rings (SSSR count). The number of anilines is 3. The SMILES string of the molecule is CCOC(=O)c1cnc(NCCNc2ccc([N+](=O)[O-])cn2)nc1-c1ccc(N(C)C)cc1. The van der Waals surface area contributed by atoms with E-state index in [1.54, 1.807) is 6.92 Å². The molecule has 33 heavy (non-hydrogen) atoms. The Morgan fingerprint density at radius 2 is 1.79 bits per heavy atom. The van der Waals surface area contributed by atoms with E-state index < -0.39 is 10.9 Å². The van der Waals surface area contributed by atoms with Gasteiger partial charge >= 0.3 is 5.97 Å². The maximum absolute atomic E-state index is 12.4. The van der Waals surface area contributed by atoms with Gasteiger partial charge in [0.1, 0.15) is 17.6 Å². The number of rotatable bonds is 10. The van der Waals surface area contributed by atoms with Crippen molar-refractivity contribution < 1.29 is 14.5 Å². The first-order valence-corrected chi connectivity index (χ1v) is 10.3. The summed E-state index contributed by atoms with van der Waals surface area (Å²) in [5, 5.41) is 16.9. The van der Waals surface area contributed by atoms with E-state index in [1.165, 1.54) is 24.5 Å². The van der Waals surface area contributed by atoms with Crippen molar-refractivity contribution in [1.29, 1.82) is 0 Å². The molecular weight excluding hydrogens is 426 g/mol. The van der Waals surface area contributed by atoms with Crippen LogP contribution in [0.5, 0.6) is 0 Å². The van der Waals surface area contributed by atoms with Crippen LogP contribution in [0.3, 0.4) is 0 Å². The number of nitrogens with zero attached hydrogens (tertiary/aromatic N) is 5. The van der Waals surface area contributed by atoms with Gasteiger partial charge in [-0.15, -0.1) is 0 Å². The van der Waals surface area contributed by atoms with Gasteiger partial charge in [-0.3, -0.25) is 10.1 Å². The molecule has 0 amide bonds. The minimum absolute atomic E-state index is 0.0695. The number of aromatic nitrogens is 3. The zero-order chi connectivity index (χ0) is 23.8. The largest absolute Gasteiger partial charge is 0.462 e. The molecule has 0 fully saturated rings. The minimum atomic E-state index is -0.499. The van der Waals surface area contributed by atoms with Crippen molar-refractivity contribution in [2.75, 3.05) is 49.3 Å². The van der Waals surface area contributed by atoms with Crippen LogP contribution in [0.2, 0.25) is 0 Å². The standard InChI is InChI=1S/C22H25N7O4/c1-4-33-21(30)18-14-26-22(27-20(18)15-5-7-16(8-6-15)28(2)3)24-12-11-23-19-10-9-17(13-25-19)29(31)32/h5-10,13-14H,4,11-12H2,1-3H3,(H,23,25)(H,24,26,27). The van der Waals surface area contributed by atoms with Crippen LogP contribution in [0, 0.1) is 10.1 Å². The van der Waals surface area contributed by atoms with Gasteiger partial charge in [0.05, 0.1) is 17.2 Å². The zero-order valence-corrected chi connectivity index (χ0v) is 18.6. The van der Waals surface area contributed by atoms with E-state index >= 15 is 0 Å². The molecule has 0 saturated heterocycles. The van der Waals surface area contributed by atoms with Crippen LogP contribution in [-0.2, 0) is 4.74 Å². The first-order chi connectivity index (χ1) is 15.9. The summed E-state index contributed by atoms with van der Waals surface area (Å²) in [6.07, 6.45) is 2.65. The van der Waals surface area contributed by atoms with Gasteiger partial charge in [0.15, 0.2) is 0 Å². The maximum Gasteiger partial charge on any atom is 0.341 e. The predicted octanol–water partition coefficient (Wildman–Crippen LogP) is 3.21. The number of nitro groups is 1. The van der Waals surface area contributed by atoms with Crippen molar-refractivity contribution in [2.45, 2.75) is 6.92 Å². The summed E-state index contributed by atoms with van der Waals surface area (Å²) in [7, 11) is 3.90. The number of carbonyl (C=O) groups is 1. The Bertz CT molecular complexity index is 1100. The molecule has 1 aromatic carbocycles. The Labute approximate surface area is 191 Å². The van der Waals surface area contributed by atoms with Crippen molar-refractivity contribution >= 4 is 29.1 Å². The van der Waals surface area contributed by atoms with Crippen LogP contribution in [0.25, 0.3) is 11.3 Å². The van der Waals surface area contributed by atoms with E-state index in [1.807, 2.05) is 43.3 Å². The molecule has 0 bridgehead atoms. The van der Waals surface area contributed by atoms with Crippen LogP contribution >= 0.6 is 0 Å². The molecule has 0 aliphatic carbocycles. The number of pyridine rings is 1. The third-order valence-corrected chi connectivity index (χ3v) is 4.61. The summed E-state index contributed by atoms with van der Waals surface area (Å²) in [5.74, 6) is 0.387. The summed E-state index contributed by atoms with van der Waals surface area (Å²) in [5.41, 5.74) is 2.48. The molecule has 2 aromatic heterocycles. The second-order valence-electron chi connectivity index (χ2n) is 7.13. The highest BCUT2D eigenvalue weighted by molar-refractivity contribution is 5.96. The Kier molecular flexibility index (Phi) is 7.68. The van der Waals surface area contributed by atoms with Gasteiger partial charge in [-0.1, -0.05) is 12.1 Å². The van der Waals surface area contributed by atoms with Crippen molar-refractivity contribution in [3.8, 4) is 11.3 Å². The third kappa shape index (κ3) is 6.12. The van der Waals surface area contributed by atoms with Crippen molar-refractivity contribution in [2.24, 2.45) is 0 Å². The number of esters is 1. The molecule has 2 heterocycles. The lowest BCUT2D eigenvalue weighted by Crippen LogP contribution is -2.17. The van der Waals surface area contributed by atoms with Gasteiger partial charge < -0.3 is 20.3 Å². The van der Waals surface area contributed by atoms with Gasteiger partial charge in [-0.2, -0.15) is 0 Å². The first kappa shape index (κ1) is 23.4. The lowest BCUT2D eigenvalue weighted by atomic mass is 10.1. The monoisotopic (exact) mass is 451 g/mol. The number of carbonyl (C=O) groups excluding carboxylic acids is 1. The summed E-state index contributed by atoms with van der Waals surface area (Å²) in [6.45, 7) is 2.92. The fourth-order valence-corrected chi connectivity index (χ4v) is 2.93. The second kappa shape index (κ2) is 10.8. The summed E-state index contributed by atoms with van der Waals surface area (Å²) < 4.78 is 5.16. The molecule has 0 radical (unpaired) electrons. The zero-order valence-electron chi connectivity index (χ0n) is 18.6. The van der Waals surface area contributed by atoms with E-state index in [2.05, 4.69) is 25.6 Å². The summed E-state index contributed by atoms with van der Waals surface area (Å²) in [4.78, 5) is 37.4. The van der Waals surface area contributed by atoms with Crippen LogP contribution < -0.4 is 15.5 Å². The fraction of sp³-hybridized carbons (Fsp3) is 0.273. The molecule has 0 aliphatic rings. The van der Waals surface area contributed by atoms with Gasteiger partial charge in [-0.05, 0) is 25.1 Å². The fourth-order valence-electron chi connectivity index (χ4n) is 2.93. The van der Waals surface area contributed by atoms with Crippen molar-refractivity contribution in [1.82, 2.24) is 15.0 Å². The number of ether oxygens (including phenoxy) is 1. The molecule has 2 N–H and O–H groups in total. The van der Waals surface area contributed by atoms with Crippen molar-refractivity contribution in [3.63, 3.8) is 0 Å². The molecule has 0 saturated carbocycles. The summed E-state index contributed by atoms with van der Waals surface area (Å²) >= 11 is 0. The highest BCUT2D eigenvalue weighted by atomic mass is 16.6.